The summed E-state index contributed by atoms with van der Waals surface area (Å²) in [5.74, 6) is -2.00. The van der Waals surface area contributed by atoms with Gasteiger partial charge in [0.2, 0.25) is 10.0 Å². The van der Waals surface area contributed by atoms with E-state index in [1.54, 1.807) is 26.8 Å². The van der Waals surface area contributed by atoms with Gasteiger partial charge in [0.25, 0.3) is 0 Å². The molecular weight excluding hydrogens is 433 g/mol. The van der Waals surface area contributed by atoms with E-state index in [0.29, 0.717) is 16.1 Å². The molecule has 0 radical (unpaired) electrons. The highest BCUT2D eigenvalue weighted by Gasteiger charge is 2.45. The van der Waals surface area contributed by atoms with Crippen LogP contribution in [0, 0.1) is 26.6 Å². The molecule has 162 valence electrons. The second kappa shape index (κ2) is 8.17. The molecule has 0 aromatic heterocycles. The summed E-state index contributed by atoms with van der Waals surface area (Å²) in [6, 6.07) is 4.42. The van der Waals surface area contributed by atoms with Gasteiger partial charge < -0.3 is 9.47 Å². The molecule has 1 unspecified atom stereocenters. The summed E-state index contributed by atoms with van der Waals surface area (Å²) >= 11 is 6.09. The molecule has 3 rings (SSSR count). The third-order valence-corrected chi connectivity index (χ3v) is 7.88. The highest BCUT2D eigenvalue weighted by molar-refractivity contribution is 7.89. The number of rotatable bonds is 4. The number of benzene rings is 2. The lowest BCUT2D eigenvalue weighted by Gasteiger charge is -2.36. The Morgan fingerprint density at radius 3 is 2.50 bits per heavy atom. The first kappa shape index (κ1) is 22.5. The van der Waals surface area contributed by atoms with E-state index >= 15 is 0 Å². The molecule has 0 spiro atoms. The standard InChI is InChI=1S/C21H23ClFNO5S/c1-11-6-8-16(23)18(12(11)2)14(4)19(21(25)28-5)24-10-29-20-13(3)15(22)7-9-17(20)30(24,26)27/h6-9,14,19H,10H2,1-5H3/t14?,19-/m0/s1. The maximum Gasteiger partial charge on any atom is 0.324 e. The molecule has 0 fully saturated rings. The number of nitrogens with zero attached hydrogens (tertiary/aromatic N) is 1. The van der Waals surface area contributed by atoms with Gasteiger partial charge in [0.15, 0.2) is 6.73 Å². The molecule has 0 saturated carbocycles. The Kier molecular flexibility index (Phi) is 6.13. The van der Waals surface area contributed by atoms with Crippen molar-refractivity contribution in [3.8, 4) is 5.75 Å². The number of carbonyl (C=O) groups is 1. The molecule has 1 heterocycles. The molecule has 6 nitrogen and oxygen atoms in total. The molecule has 1 aliphatic heterocycles. The van der Waals surface area contributed by atoms with Gasteiger partial charge >= 0.3 is 5.97 Å². The maximum absolute atomic E-state index is 14.7. The molecule has 0 aliphatic carbocycles. The zero-order valence-electron chi connectivity index (χ0n) is 17.3. The smallest absolute Gasteiger partial charge is 0.324 e. The molecule has 1 aliphatic rings. The minimum Gasteiger partial charge on any atom is -0.475 e. The normalized spacial score (nSPS) is 17.6. The number of esters is 1. The summed E-state index contributed by atoms with van der Waals surface area (Å²) < 4.78 is 53.1. The first-order chi connectivity index (χ1) is 14.0. The minimum atomic E-state index is -4.14. The fourth-order valence-corrected chi connectivity index (χ4v) is 5.64. The molecule has 2 atom stereocenters. The van der Waals surface area contributed by atoms with Crippen LogP contribution in [0.5, 0.6) is 5.75 Å². The number of hydrogen-bond acceptors (Lipinski definition) is 5. The molecule has 0 bridgehead atoms. The van der Waals surface area contributed by atoms with Crippen molar-refractivity contribution in [3.63, 3.8) is 0 Å². The van der Waals surface area contributed by atoms with Crippen molar-refractivity contribution < 1.29 is 27.1 Å². The average molecular weight is 456 g/mol. The van der Waals surface area contributed by atoms with Gasteiger partial charge in [-0.2, -0.15) is 0 Å². The maximum atomic E-state index is 14.7. The van der Waals surface area contributed by atoms with Crippen LogP contribution < -0.4 is 4.74 Å². The van der Waals surface area contributed by atoms with Crippen LogP contribution in [0.1, 0.15) is 35.1 Å². The first-order valence-electron chi connectivity index (χ1n) is 9.29. The summed E-state index contributed by atoms with van der Waals surface area (Å²) in [6.07, 6.45) is 0. The topological polar surface area (TPSA) is 72.9 Å². The fourth-order valence-electron chi connectivity index (χ4n) is 3.79. The number of hydrogen-bond donors (Lipinski definition) is 0. The Morgan fingerprint density at radius 2 is 1.87 bits per heavy atom. The van der Waals surface area contributed by atoms with Gasteiger partial charge in [0.05, 0.1) is 7.11 Å². The van der Waals surface area contributed by atoms with Crippen molar-refractivity contribution in [2.24, 2.45) is 0 Å². The Labute approximate surface area is 180 Å². The second-order valence-corrected chi connectivity index (χ2v) is 9.59. The third-order valence-electron chi connectivity index (χ3n) is 5.64. The van der Waals surface area contributed by atoms with Gasteiger partial charge in [0.1, 0.15) is 22.5 Å². The quantitative estimate of drug-likeness (QED) is 0.649. The average Bonchev–Trinajstić information content (AvgIpc) is 2.69. The zero-order valence-corrected chi connectivity index (χ0v) is 18.9. The van der Waals surface area contributed by atoms with E-state index in [1.807, 2.05) is 6.92 Å². The van der Waals surface area contributed by atoms with Crippen molar-refractivity contribution in [1.82, 2.24) is 4.31 Å². The predicted molar refractivity (Wildman–Crippen MR) is 111 cm³/mol. The van der Waals surface area contributed by atoms with Crippen molar-refractivity contribution in [1.29, 1.82) is 0 Å². The summed E-state index contributed by atoms with van der Waals surface area (Å²) in [4.78, 5) is 12.6. The van der Waals surface area contributed by atoms with E-state index in [9.17, 15) is 17.6 Å². The lowest BCUT2D eigenvalue weighted by molar-refractivity contribution is -0.146. The summed E-state index contributed by atoms with van der Waals surface area (Å²) in [7, 11) is -2.98. The lowest BCUT2D eigenvalue weighted by Crippen LogP contribution is -2.52. The zero-order chi connectivity index (χ0) is 22.4. The molecule has 2 aromatic rings. The number of carbonyl (C=O) groups excluding carboxylic acids is 1. The predicted octanol–water partition coefficient (Wildman–Crippen LogP) is 4.09. The number of ether oxygens (including phenoxy) is 2. The van der Waals surface area contributed by atoms with Crippen LogP contribution in [0.2, 0.25) is 5.02 Å². The van der Waals surface area contributed by atoms with Gasteiger partial charge in [-0.05, 0) is 55.7 Å². The number of fused-ring (bicyclic) bond motifs is 1. The third kappa shape index (κ3) is 3.57. The van der Waals surface area contributed by atoms with E-state index in [0.717, 1.165) is 17.0 Å². The van der Waals surface area contributed by atoms with E-state index in [4.69, 9.17) is 21.1 Å². The van der Waals surface area contributed by atoms with Crippen LogP contribution in [0.3, 0.4) is 0 Å². The molecule has 0 N–H and O–H groups in total. The fraction of sp³-hybridized carbons (Fsp3) is 0.381. The summed E-state index contributed by atoms with van der Waals surface area (Å²) in [5, 5.41) is 0.368. The Balaban J connectivity index is 2.15. The van der Waals surface area contributed by atoms with Crippen LogP contribution >= 0.6 is 11.6 Å². The number of methoxy groups -OCH3 is 1. The van der Waals surface area contributed by atoms with Gasteiger partial charge in [-0.25, -0.2) is 12.8 Å². The largest absolute Gasteiger partial charge is 0.475 e. The Hall–Kier alpha value is -2.16. The highest BCUT2D eigenvalue weighted by Crippen LogP contribution is 2.40. The minimum absolute atomic E-state index is 0.0989. The first-order valence-corrected chi connectivity index (χ1v) is 11.1. The van der Waals surface area contributed by atoms with Crippen molar-refractivity contribution in [3.05, 3.63) is 57.4 Å². The van der Waals surface area contributed by atoms with Crippen LogP contribution in [-0.2, 0) is 19.6 Å². The van der Waals surface area contributed by atoms with Crippen molar-refractivity contribution >= 4 is 27.6 Å². The summed E-state index contributed by atoms with van der Waals surface area (Å²) in [6.45, 7) is 6.39. The Bertz CT molecular complexity index is 1120. The second-order valence-electron chi connectivity index (χ2n) is 7.32. The number of halogens is 2. The SMILES string of the molecule is COC(=O)[C@H](C(C)c1c(F)ccc(C)c1C)N1COc2c(ccc(Cl)c2C)S1(=O)=O. The van der Waals surface area contributed by atoms with Gasteiger partial charge in [-0.1, -0.05) is 24.6 Å². The van der Waals surface area contributed by atoms with E-state index in [1.165, 1.54) is 18.2 Å². The monoisotopic (exact) mass is 455 g/mol. The molecule has 0 amide bonds. The van der Waals surface area contributed by atoms with Crippen molar-refractivity contribution in [2.45, 2.75) is 44.6 Å². The lowest BCUT2D eigenvalue weighted by atomic mass is 9.87. The van der Waals surface area contributed by atoms with E-state index in [-0.39, 0.29) is 16.2 Å². The van der Waals surface area contributed by atoms with Crippen LogP contribution in [0.25, 0.3) is 0 Å². The van der Waals surface area contributed by atoms with E-state index < -0.39 is 40.5 Å². The molecular formula is C21H23ClFNO5S. The molecule has 9 heteroatoms. The highest BCUT2D eigenvalue weighted by atomic mass is 35.5. The molecule has 2 aromatic carbocycles. The Morgan fingerprint density at radius 1 is 1.20 bits per heavy atom. The van der Waals surface area contributed by atoms with Gasteiger partial charge in [-0.3, -0.25) is 4.79 Å². The van der Waals surface area contributed by atoms with E-state index in [2.05, 4.69) is 0 Å². The van der Waals surface area contributed by atoms with Crippen LogP contribution in [0.4, 0.5) is 4.39 Å². The van der Waals surface area contributed by atoms with Crippen LogP contribution in [-0.4, -0.2) is 38.6 Å². The molecule has 0 saturated heterocycles. The summed E-state index contributed by atoms with van der Waals surface area (Å²) in [5.41, 5.74) is 2.23. The van der Waals surface area contributed by atoms with Crippen LogP contribution in [0.15, 0.2) is 29.2 Å². The van der Waals surface area contributed by atoms with Gasteiger partial charge in [0, 0.05) is 16.5 Å². The van der Waals surface area contributed by atoms with Gasteiger partial charge in [-0.15, -0.1) is 4.31 Å². The molecule has 30 heavy (non-hydrogen) atoms. The number of sulfonamides is 1. The number of aryl methyl sites for hydroxylation is 1. The van der Waals surface area contributed by atoms with Crippen molar-refractivity contribution in [2.75, 3.05) is 13.8 Å².